The van der Waals surface area contributed by atoms with Gasteiger partial charge >= 0.3 is 0 Å². The fraction of sp³-hybridized carbons (Fsp3) is 0.481. The molecule has 7 nitrogen and oxygen atoms in total. The lowest BCUT2D eigenvalue weighted by Crippen LogP contribution is -2.50. The number of fused-ring (bicyclic) bond motifs is 1. The van der Waals surface area contributed by atoms with Crippen molar-refractivity contribution in [1.29, 1.82) is 0 Å². The fourth-order valence-corrected chi connectivity index (χ4v) is 5.92. The van der Waals surface area contributed by atoms with Gasteiger partial charge < -0.3 is 9.64 Å². The standard InChI is InChI=1S/C27H34N4O3S/c1-20-25-11-10-24(35(2,32)33)17-26(25)29-27(28-20)30-15-12-22(13-16-30)31-14-6-9-23(18-31)34-19-21-7-4-3-5-8-21/h3-5,7-8,10-11,17,22-23H,6,9,12-16,18-19H2,1-2H3. The highest BCUT2D eigenvalue weighted by atomic mass is 32.2. The number of sulfone groups is 1. The molecule has 1 aromatic heterocycles. The van der Waals surface area contributed by atoms with Crippen LogP contribution < -0.4 is 4.90 Å². The van der Waals surface area contributed by atoms with Crippen LogP contribution in [0, 0.1) is 6.92 Å². The summed E-state index contributed by atoms with van der Waals surface area (Å²) in [5.41, 5.74) is 2.79. The fourth-order valence-electron chi connectivity index (χ4n) is 5.28. The molecule has 1 atom stereocenters. The number of ether oxygens (including phenoxy) is 1. The minimum atomic E-state index is -3.28. The highest BCUT2D eigenvalue weighted by molar-refractivity contribution is 7.90. The Bertz CT molecular complexity index is 1270. The van der Waals surface area contributed by atoms with Crippen LogP contribution in [0.1, 0.15) is 36.9 Å². The van der Waals surface area contributed by atoms with E-state index in [9.17, 15) is 8.42 Å². The van der Waals surface area contributed by atoms with E-state index in [2.05, 4.69) is 34.1 Å². The molecule has 0 amide bonds. The second kappa shape index (κ2) is 10.2. The van der Waals surface area contributed by atoms with E-state index < -0.39 is 9.84 Å². The number of nitrogens with zero attached hydrogens (tertiary/aromatic N) is 4. The summed E-state index contributed by atoms with van der Waals surface area (Å²) in [6, 6.07) is 16.1. The summed E-state index contributed by atoms with van der Waals surface area (Å²) in [4.78, 5) is 14.7. The molecular formula is C27H34N4O3S. The van der Waals surface area contributed by atoms with Crippen molar-refractivity contribution in [2.45, 2.75) is 56.3 Å². The normalized spacial score (nSPS) is 20.4. The molecule has 35 heavy (non-hydrogen) atoms. The predicted octanol–water partition coefficient (Wildman–Crippen LogP) is 3.99. The SMILES string of the molecule is Cc1nc(N2CCC(N3CCCC(OCc4ccccc4)C3)CC2)nc2cc(S(C)(=O)=O)ccc12. The molecule has 8 heteroatoms. The first-order valence-corrected chi connectivity index (χ1v) is 14.4. The number of hydrogen-bond acceptors (Lipinski definition) is 7. The second-order valence-electron chi connectivity index (χ2n) is 9.83. The molecule has 2 aliphatic rings. The molecule has 3 aromatic rings. The number of benzene rings is 2. The lowest BCUT2D eigenvalue weighted by molar-refractivity contribution is -0.0241. The van der Waals surface area contributed by atoms with Crippen LogP contribution in [0.2, 0.25) is 0 Å². The number of aromatic nitrogens is 2. The Morgan fingerprint density at radius 1 is 1.00 bits per heavy atom. The third-order valence-corrected chi connectivity index (χ3v) is 8.39. The van der Waals surface area contributed by atoms with Crippen LogP contribution in [0.25, 0.3) is 10.9 Å². The number of anilines is 1. The van der Waals surface area contributed by atoms with Gasteiger partial charge in [0.15, 0.2) is 9.84 Å². The number of piperidine rings is 2. The quantitative estimate of drug-likeness (QED) is 0.513. The molecule has 2 fully saturated rings. The monoisotopic (exact) mass is 494 g/mol. The van der Waals surface area contributed by atoms with E-state index in [4.69, 9.17) is 14.7 Å². The van der Waals surface area contributed by atoms with Gasteiger partial charge in [-0.3, -0.25) is 4.90 Å². The third kappa shape index (κ3) is 5.66. The molecule has 0 spiro atoms. The van der Waals surface area contributed by atoms with E-state index in [1.165, 1.54) is 18.2 Å². The maximum Gasteiger partial charge on any atom is 0.226 e. The maximum absolute atomic E-state index is 12.0. The first-order chi connectivity index (χ1) is 16.9. The Kier molecular flexibility index (Phi) is 7.05. The molecule has 5 rings (SSSR count). The summed E-state index contributed by atoms with van der Waals surface area (Å²) in [7, 11) is -3.28. The lowest BCUT2D eigenvalue weighted by Gasteiger charge is -2.42. The number of rotatable bonds is 6. The number of likely N-dealkylation sites (tertiary alicyclic amines) is 1. The largest absolute Gasteiger partial charge is 0.372 e. The van der Waals surface area contributed by atoms with E-state index in [1.54, 1.807) is 12.1 Å². The van der Waals surface area contributed by atoms with Gasteiger partial charge in [0.1, 0.15) is 0 Å². The molecule has 2 aromatic carbocycles. The van der Waals surface area contributed by atoms with Crippen molar-refractivity contribution in [3.05, 3.63) is 59.8 Å². The molecule has 0 N–H and O–H groups in total. The zero-order valence-corrected chi connectivity index (χ0v) is 21.4. The zero-order chi connectivity index (χ0) is 24.4. The Morgan fingerprint density at radius 2 is 1.77 bits per heavy atom. The van der Waals surface area contributed by atoms with Crippen LogP contribution in [-0.4, -0.2) is 67.9 Å². The summed E-state index contributed by atoms with van der Waals surface area (Å²) in [5, 5.41) is 0.894. The zero-order valence-electron chi connectivity index (χ0n) is 20.6. The lowest BCUT2D eigenvalue weighted by atomic mass is 9.99. The summed E-state index contributed by atoms with van der Waals surface area (Å²) >= 11 is 0. The third-order valence-electron chi connectivity index (χ3n) is 7.28. The van der Waals surface area contributed by atoms with Gasteiger partial charge in [-0.15, -0.1) is 0 Å². The average Bonchev–Trinajstić information content (AvgIpc) is 2.87. The van der Waals surface area contributed by atoms with E-state index in [0.717, 1.165) is 56.5 Å². The average molecular weight is 495 g/mol. The summed E-state index contributed by atoms with van der Waals surface area (Å²) in [6.07, 6.45) is 5.95. The molecule has 0 saturated carbocycles. The summed E-state index contributed by atoms with van der Waals surface area (Å²) < 4.78 is 30.3. The van der Waals surface area contributed by atoms with Crippen molar-refractivity contribution in [1.82, 2.24) is 14.9 Å². The molecule has 2 saturated heterocycles. The first-order valence-electron chi connectivity index (χ1n) is 12.5. The van der Waals surface area contributed by atoms with Crippen LogP contribution >= 0.6 is 0 Å². The van der Waals surface area contributed by atoms with Crippen LogP contribution in [0.5, 0.6) is 0 Å². The van der Waals surface area contributed by atoms with E-state index in [1.807, 2.05) is 19.1 Å². The van der Waals surface area contributed by atoms with Gasteiger partial charge in [0.05, 0.1) is 28.8 Å². The smallest absolute Gasteiger partial charge is 0.226 e. The number of hydrogen-bond donors (Lipinski definition) is 0. The Labute approximate surface area is 208 Å². The summed E-state index contributed by atoms with van der Waals surface area (Å²) in [6.45, 7) is 6.56. The van der Waals surface area contributed by atoms with Crippen molar-refractivity contribution in [2.75, 3.05) is 37.3 Å². The molecule has 0 aliphatic carbocycles. The molecular weight excluding hydrogens is 460 g/mol. The van der Waals surface area contributed by atoms with Gasteiger partial charge in [0.2, 0.25) is 5.95 Å². The van der Waals surface area contributed by atoms with Crippen molar-refractivity contribution < 1.29 is 13.2 Å². The van der Waals surface area contributed by atoms with Crippen molar-refractivity contribution in [2.24, 2.45) is 0 Å². The van der Waals surface area contributed by atoms with Crippen molar-refractivity contribution >= 4 is 26.7 Å². The van der Waals surface area contributed by atoms with Crippen molar-refractivity contribution in [3.63, 3.8) is 0 Å². The molecule has 0 radical (unpaired) electrons. The summed E-state index contributed by atoms with van der Waals surface area (Å²) in [5.74, 6) is 0.696. The van der Waals surface area contributed by atoms with Gasteiger partial charge in [-0.05, 0) is 62.9 Å². The Balaban J connectivity index is 1.21. The van der Waals surface area contributed by atoms with Crippen LogP contribution in [0.4, 0.5) is 5.95 Å². The van der Waals surface area contributed by atoms with Gasteiger partial charge in [-0.25, -0.2) is 18.4 Å². The molecule has 186 valence electrons. The Morgan fingerprint density at radius 3 is 2.51 bits per heavy atom. The predicted molar refractivity (Wildman–Crippen MR) is 138 cm³/mol. The van der Waals surface area contributed by atoms with Crippen LogP contribution in [0.3, 0.4) is 0 Å². The maximum atomic E-state index is 12.0. The van der Waals surface area contributed by atoms with E-state index in [-0.39, 0.29) is 6.10 Å². The highest BCUT2D eigenvalue weighted by Gasteiger charge is 2.30. The topological polar surface area (TPSA) is 75.6 Å². The van der Waals surface area contributed by atoms with Gasteiger partial charge in [0, 0.05) is 37.3 Å². The molecule has 3 heterocycles. The van der Waals surface area contributed by atoms with Crippen molar-refractivity contribution in [3.8, 4) is 0 Å². The number of aryl methyl sites for hydroxylation is 1. The van der Waals surface area contributed by atoms with E-state index in [0.29, 0.717) is 29.0 Å². The highest BCUT2D eigenvalue weighted by Crippen LogP contribution is 2.27. The minimum Gasteiger partial charge on any atom is -0.372 e. The minimum absolute atomic E-state index is 0.289. The molecule has 2 aliphatic heterocycles. The second-order valence-corrected chi connectivity index (χ2v) is 11.8. The van der Waals surface area contributed by atoms with E-state index >= 15 is 0 Å². The molecule has 0 bridgehead atoms. The van der Waals surface area contributed by atoms with Crippen LogP contribution in [0.15, 0.2) is 53.4 Å². The van der Waals surface area contributed by atoms with Gasteiger partial charge in [-0.2, -0.15) is 0 Å². The first kappa shape index (κ1) is 24.2. The van der Waals surface area contributed by atoms with Crippen LogP contribution in [-0.2, 0) is 21.2 Å². The Hall–Kier alpha value is -2.55. The van der Waals surface area contributed by atoms with Gasteiger partial charge in [0.25, 0.3) is 0 Å². The van der Waals surface area contributed by atoms with Gasteiger partial charge in [-0.1, -0.05) is 30.3 Å². The molecule has 1 unspecified atom stereocenters.